The Hall–Kier alpha value is -2.33. The molecule has 0 bridgehead atoms. The first-order chi connectivity index (χ1) is 12.6. The fourth-order valence-corrected chi connectivity index (χ4v) is 3.64. The summed E-state index contributed by atoms with van der Waals surface area (Å²) in [6.45, 7) is 2.62. The summed E-state index contributed by atoms with van der Waals surface area (Å²) >= 11 is 0. The van der Waals surface area contributed by atoms with Gasteiger partial charge in [-0.25, -0.2) is 0 Å². The number of methoxy groups -OCH3 is 1. The monoisotopic (exact) mass is 352 g/mol. The molecule has 1 N–H and O–H groups in total. The highest BCUT2D eigenvalue weighted by Gasteiger charge is 2.25. The maximum Gasteiger partial charge on any atom is 0.237 e. The van der Waals surface area contributed by atoms with Gasteiger partial charge in [-0.1, -0.05) is 42.5 Å². The minimum Gasteiger partial charge on any atom is -0.496 e. The number of amides is 1. The van der Waals surface area contributed by atoms with Crippen molar-refractivity contribution in [3.05, 3.63) is 65.2 Å². The summed E-state index contributed by atoms with van der Waals surface area (Å²) in [6.07, 6.45) is 3.23. The number of rotatable bonds is 6. The first-order valence-electron chi connectivity index (χ1n) is 9.30. The molecule has 0 fully saturated rings. The minimum absolute atomic E-state index is 0.0732. The highest BCUT2D eigenvalue weighted by molar-refractivity contribution is 5.81. The topological polar surface area (TPSA) is 41.6 Å². The van der Waals surface area contributed by atoms with E-state index in [9.17, 15) is 4.79 Å². The maximum atomic E-state index is 12.8. The van der Waals surface area contributed by atoms with Crippen LogP contribution in [0.5, 0.6) is 5.75 Å². The molecule has 0 unspecified atom stereocenters. The van der Waals surface area contributed by atoms with Gasteiger partial charge in [-0.15, -0.1) is 0 Å². The lowest BCUT2D eigenvalue weighted by molar-refractivity contribution is -0.126. The molecule has 0 spiro atoms. The SMILES string of the molecule is COc1ccccc1CN(C)[C@@H](C)C(=O)N[C@@H]1CCCc2ccccc21. The summed E-state index contributed by atoms with van der Waals surface area (Å²) in [5.41, 5.74) is 3.71. The van der Waals surface area contributed by atoms with Crippen LogP contribution in [0, 0.1) is 0 Å². The first-order valence-corrected chi connectivity index (χ1v) is 9.30. The lowest BCUT2D eigenvalue weighted by atomic mass is 9.87. The zero-order chi connectivity index (χ0) is 18.5. The van der Waals surface area contributed by atoms with Gasteiger partial charge in [0.05, 0.1) is 19.2 Å². The molecule has 4 nitrogen and oxygen atoms in total. The van der Waals surface area contributed by atoms with Crippen LogP contribution in [-0.2, 0) is 17.8 Å². The van der Waals surface area contributed by atoms with Gasteiger partial charge in [0.1, 0.15) is 5.75 Å². The highest BCUT2D eigenvalue weighted by atomic mass is 16.5. The third kappa shape index (κ3) is 4.07. The molecule has 2 aromatic rings. The van der Waals surface area contributed by atoms with Gasteiger partial charge in [-0.2, -0.15) is 0 Å². The summed E-state index contributed by atoms with van der Waals surface area (Å²) in [5, 5.41) is 3.26. The number of ether oxygens (including phenoxy) is 1. The van der Waals surface area contributed by atoms with Crippen molar-refractivity contribution < 1.29 is 9.53 Å². The maximum absolute atomic E-state index is 12.8. The molecule has 1 aliphatic rings. The van der Waals surface area contributed by atoms with Gasteiger partial charge < -0.3 is 10.1 Å². The number of benzene rings is 2. The molecule has 0 aromatic heterocycles. The largest absolute Gasteiger partial charge is 0.496 e. The van der Waals surface area contributed by atoms with E-state index in [1.54, 1.807) is 7.11 Å². The molecule has 0 saturated carbocycles. The lowest BCUT2D eigenvalue weighted by Crippen LogP contribution is -2.44. The van der Waals surface area contributed by atoms with E-state index >= 15 is 0 Å². The average molecular weight is 352 g/mol. The molecular weight excluding hydrogens is 324 g/mol. The molecule has 1 aliphatic carbocycles. The highest BCUT2D eigenvalue weighted by Crippen LogP contribution is 2.29. The Kier molecular flexibility index (Phi) is 5.94. The zero-order valence-corrected chi connectivity index (χ0v) is 15.9. The Balaban J connectivity index is 1.65. The van der Waals surface area contributed by atoms with E-state index in [0.717, 1.165) is 30.6 Å². The number of carbonyl (C=O) groups excluding carboxylic acids is 1. The third-order valence-electron chi connectivity index (χ3n) is 5.34. The lowest BCUT2D eigenvalue weighted by Gasteiger charge is -2.30. The Labute approximate surface area is 156 Å². The van der Waals surface area contributed by atoms with Gasteiger partial charge in [0.2, 0.25) is 5.91 Å². The van der Waals surface area contributed by atoms with E-state index < -0.39 is 0 Å². The van der Waals surface area contributed by atoms with Crippen LogP contribution in [0.1, 0.15) is 42.5 Å². The molecule has 138 valence electrons. The quantitative estimate of drug-likeness (QED) is 0.862. The number of nitrogens with one attached hydrogen (secondary N) is 1. The van der Waals surface area contributed by atoms with Crippen LogP contribution in [0.3, 0.4) is 0 Å². The van der Waals surface area contributed by atoms with Gasteiger partial charge in [-0.3, -0.25) is 9.69 Å². The van der Waals surface area contributed by atoms with Gasteiger partial charge in [-0.05, 0) is 50.4 Å². The van der Waals surface area contributed by atoms with Crippen molar-refractivity contribution in [2.75, 3.05) is 14.2 Å². The normalized spacial score (nSPS) is 17.5. The molecule has 2 atom stereocenters. The molecule has 26 heavy (non-hydrogen) atoms. The van der Waals surface area contributed by atoms with Crippen molar-refractivity contribution in [2.24, 2.45) is 0 Å². The Morgan fingerprint density at radius 2 is 1.96 bits per heavy atom. The van der Waals surface area contributed by atoms with E-state index in [4.69, 9.17) is 4.74 Å². The van der Waals surface area contributed by atoms with Crippen molar-refractivity contribution in [1.82, 2.24) is 10.2 Å². The molecule has 0 saturated heterocycles. The summed E-state index contributed by atoms with van der Waals surface area (Å²) in [6, 6.07) is 16.3. The molecule has 0 aliphatic heterocycles. The van der Waals surface area contributed by atoms with Crippen LogP contribution < -0.4 is 10.1 Å². The van der Waals surface area contributed by atoms with Crippen molar-refractivity contribution >= 4 is 5.91 Å². The molecule has 1 amide bonds. The van der Waals surface area contributed by atoms with Crippen molar-refractivity contribution in [2.45, 2.75) is 44.8 Å². The number of nitrogens with zero attached hydrogens (tertiary/aromatic N) is 1. The second-order valence-corrected chi connectivity index (χ2v) is 7.06. The van der Waals surface area contributed by atoms with Crippen LogP contribution in [0.2, 0.25) is 0 Å². The number of hydrogen-bond acceptors (Lipinski definition) is 3. The van der Waals surface area contributed by atoms with Crippen molar-refractivity contribution in [1.29, 1.82) is 0 Å². The van der Waals surface area contributed by atoms with Gasteiger partial charge in [0.25, 0.3) is 0 Å². The molecular formula is C22H28N2O2. The first kappa shape index (κ1) is 18.5. The molecule has 4 heteroatoms. The van der Waals surface area contributed by atoms with E-state index in [1.165, 1.54) is 11.1 Å². The number of aryl methyl sites for hydroxylation is 1. The van der Waals surface area contributed by atoms with Crippen molar-refractivity contribution in [3.63, 3.8) is 0 Å². The van der Waals surface area contributed by atoms with Gasteiger partial charge in [0, 0.05) is 12.1 Å². The van der Waals surface area contributed by atoms with Crippen molar-refractivity contribution in [3.8, 4) is 5.75 Å². The van der Waals surface area contributed by atoms with Crippen LogP contribution in [0.4, 0.5) is 0 Å². The van der Waals surface area contributed by atoms with E-state index in [0.29, 0.717) is 6.54 Å². The number of carbonyl (C=O) groups is 1. The summed E-state index contributed by atoms with van der Waals surface area (Å²) < 4.78 is 5.42. The minimum atomic E-state index is -0.214. The Morgan fingerprint density at radius 3 is 2.77 bits per heavy atom. The summed E-state index contributed by atoms with van der Waals surface area (Å²) in [7, 11) is 3.65. The molecule has 3 rings (SSSR count). The summed E-state index contributed by atoms with van der Waals surface area (Å²) in [5.74, 6) is 0.928. The summed E-state index contributed by atoms with van der Waals surface area (Å²) in [4.78, 5) is 14.9. The molecule has 2 aromatic carbocycles. The second-order valence-electron chi connectivity index (χ2n) is 7.06. The van der Waals surface area contributed by atoms with Crippen LogP contribution in [-0.4, -0.2) is 31.0 Å². The number of para-hydroxylation sites is 1. The fourth-order valence-electron chi connectivity index (χ4n) is 3.64. The predicted molar refractivity (Wildman–Crippen MR) is 104 cm³/mol. The third-order valence-corrected chi connectivity index (χ3v) is 5.34. The standard InChI is InChI=1S/C22H28N2O2/c1-16(24(2)15-18-10-5-7-14-21(18)26-3)22(25)23-20-13-8-11-17-9-4-6-12-19(17)20/h4-7,9-10,12,14,16,20H,8,11,13,15H2,1-3H3,(H,23,25)/t16-,20+/m0/s1. The number of likely N-dealkylation sites (N-methyl/N-ethyl adjacent to an activating group) is 1. The predicted octanol–water partition coefficient (Wildman–Crippen LogP) is 3.71. The molecule has 0 heterocycles. The van der Waals surface area contributed by atoms with Crippen LogP contribution >= 0.6 is 0 Å². The van der Waals surface area contributed by atoms with Gasteiger partial charge >= 0.3 is 0 Å². The van der Waals surface area contributed by atoms with E-state index in [2.05, 4.69) is 34.5 Å². The van der Waals surface area contributed by atoms with Crippen LogP contribution in [0.15, 0.2) is 48.5 Å². The Bertz CT molecular complexity index is 759. The number of fused-ring (bicyclic) bond motifs is 1. The van der Waals surface area contributed by atoms with Crippen LogP contribution in [0.25, 0.3) is 0 Å². The van der Waals surface area contributed by atoms with E-state index in [1.807, 2.05) is 38.2 Å². The van der Waals surface area contributed by atoms with E-state index in [-0.39, 0.29) is 18.0 Å². The smallest absolute Gasteiger partial charge is 0.237 e. The Morgan fingerprint density at radius 1 is 1.23 bits per heavy atom. The van der Waals surface area contributed by atoms with Gasteiger partial charge in [0.15, 0.2) is 0 Å². The zero-order valence-electron chi connectivity index (χ0n) is 15.9. The second kappa shape index (κ2) is 8.37. The number of hydrogen-bond donors (Lipinski definition) is 1. The fraction of sp³-hybridized carbons (Fsp3) is 0.409. The molecule has 0 radical (unpaired) electrons. The average Bonchev–Trinajstić information content (AvgIpc) is 2.68.